The first-order valence-electron chi connectivity index (χ1n) is 7.07. The summed E-state index contributed by atoms with van der Waals surface area (Å²) in [5, 5.41) is 12.8. The lowest BCUT2D eigenvalue weighted by molar-refractivity contribution is 0.0389. The molecule has 1 rings (SSSR count). The van der Waals surface area contributed by atoms with E-state index in [0.29, 0.717) is 11.5 Å². The summed E-state index contributed by atoms with van der Waals surface area (Å²) in [4.78, 5) is 0. The van der Waals surface area contributed by atoms with Crippen LogP contribution in [0, 0.1) is 16.7 Å². The minimum absolute atomic E-state index is 0.248. The van der Waals surface area contributed by atoms with Gasteiger partial charge in [0.05, 0.1) is 12.2 Å². The number of ether oxygens (including phenoxy) is 1. The predicted molar refractivity (Wildman–Crippen MR) is 74.3 cm³/mol. The van der Waals surface area contributed by atoms with Crippen molar-refractivity contribution in [3.8, 4) is 6.07 Å². The molecule has 0 heterocycles. The zero-order chi connectivity index (χ0) is 13.8. The van der Waals surface area contributed by atoms with E-state index in [-0.39, 0.29) is 11.6 Å². The summed E-state index contributed by atoms with van der Waals surface area (Å²) in [6, 6.07) is 2.80. The number of nitrogens with zero attached hydrogens (tertiary/aromatic N) is 1. The third-order valence-electron chi connectivity index (χ3n) is 3.45. The third kappa shape index (κ3) is 4.96. The van der Waals surface area contributed by atoms with Crippen LogP contribution >= 0.6 is 0 Å². The molecule has 3 nitrogen and oxygen atoms in total. The van der Waals surface area contributed by atoms with E-state index in [0.717, 1.165) is 32.3 Å². The molecule has 1 aliphatic carbocycles. The molecule has 0 bridgehead atoms. The van der Waals surface area contributed by atoms with Crippen molar-refractivity contribution < 1.29 is 4.74 Å². The van der Waals surface area contributed by atoms with E-state index in [2.05, 4.69) is 46.0 Å². The van der Waals surface area contributed by atoms with E-state index in [1.54, 1.807) is 0 Å². The van der Waals surface area contributed by atoms with E-state index in [1.165, 1.54) is 0 Å². The van der Waals surface area contributed by atoms with Crippen molar-refractivity contribution in [2.75, 3.05) is 6.61 Å². The number of nitriles is 1. The molecule has 0 amide bonds. The zero-order valence-electron chi connectivity index (χ0n) is 12.5. The van der Waals surface area contributed by atoms with Crippen LogP contribution in [0.1, 0.15) is 60.3 Å². The van der Waals surface area contributed by atoms with Crippen LogP contribution in [0.25, 0.3) is 0 Å². The summed E-state index contributed by atoms with van der Waals surface area (Å²) < 4.78 is 5.93. The van der Waals surface area contributed by atoms with Crippen LogP contribution in [-0.2, 0) is 4.74 Å². The van der Waals surface area contributed by atoms with E-state index in [1.807, 2.05) is 0 Å². The lowest BCUT2D eigenvalue weighted by Crippen LogP contribution is -2.45. The maximum absolute atomic E-state index is 9.37. The summed E-state index contributed by atoms with van der Waals surface area (Å²) in [6.45, 7) is 11.7. The van der Waals surface area contributed by atoms with Crippen LogP contribution in [0.2, 0.25) is 0 Å². The standard InChI is InChI=1S/C15H28N2O/c1-12(2)17-15(11-16)7-6-13(10-15)18-9-8-14(3,4)5/h12-13,17H,6-10H2,1-5H3. The van der Waals surface area contributed by atoms with Crippen molar-refractivity contribution in [1.82, 2.24) is 5.32 Å². The molecule has 0 spiro atoms. The quantitative estimate of drug-likeness (QED) is 0.817. The molecule has 1 N–H and O–H groups in total. The molecule has 1 aliphatic rings. The molecular weight excluding hydrogens is 224 g/mol. The molecule has 104 valence electrons. The number of rotatable bonds is 5. The normalized spacial score (nSPS) is 28.6. The van der Waals surface area contributed by atoms with Gasteiger partial charge in [0.15, 0.2) is 0 Å². The first kappa shape index (κ1) is 15.5. The van der Waals surface area contributed by atoms with Crippen LogP contribution < -0.4 is 5.32 Å². The Kier molecular flexibility index (Phi) is 5.19. The van der Waals surface area contributed by atoms with Crippen LogP contribution in [0.4, 0.5) is 0 Å². The van der Waals surface area contributed by atoms with Gasteiger partial charge in [-0.05, 0) is 38.5 Å². The average molecular weight is 252 g/mol. The fourth-order valence-corrected chi connectivity index (χ4v) is 2.49. The maximum atomic E-state index is 9.37. The lowest BCUT2D eigenvalue weighted by atomic mass is 9.93. The molecule has 18 heavy (non-hydrogen) atoms. The Balaban J connectivity index is 2.38. The maximum Gasteiger partial charge on any atom is 0.109 e. The van der Waals surface area contributed by atoms with Gasteiger partial charge in [-0.2, -0.15) is 5.26 Å². The third-order valence-corrected chi connectivity index (χ3v) is 3.45. The van der Waals surface area contributed by atoms with Gasteiger partial charge < -0.3 is 4.74 Å². The number of nitrogens with one attached hydrogen (secondary N) is 1. The highest BCUT2D eigenvalue weighted by molar-refractivity contribution is 5.12. The van der Waals surface area contributed by atoms with Gasteiger partial charge >= 0.3 is 0 Å². The Bertz CT molecular complexity index is 301. The van der Waals surface area contributed by atoms with Crippen molar-refractivity contribution in [3.63, 3.8) is 0 Å². The Morgan fingerprint density at radius 3 is 2.61 bits per heavy atom. The van der Waals surface area contributed by atoms with Gasteiger partial charge in [0.1, 0.15) is 5.54 Å². The molecular formula is C15H28N2O. The molecule has 2 atom stereocenters. The van der Waals surface area contributed by atoms with Crippen molar-refractivity contribution in [2.45, 2.75) is 78.0 Å². The van der Waals surface area contributed by atoms with Crippen LogP contribution in [0.5, 0.6) is 0 Å². The van der Waals surface area contributed by atoms with Crippen LogP contribution in [-0.4, -0.2) is 24.3 Å². The number of hydrogen-bond donors (Lipinski definition) is 1. The fourth-order valence-electron chi connectivity index (χ4n) is 2.49. The van der Waals surface area contributed by atoms with Crippen molar-refractivity contribution >= 4 is 0 Å². The molecule has 0 aromatic rings. The first-order valence-corrected chi connectivity index (χ1v) is 7.07. The molecule has 2 unspecified atom stereocenters. The SMILES string of the molecule is CC(C)NC1(C#N)CCC(OCCC(C)(C)C)C1. The molecule has 0 aromatic heterocycles. The topological polar surface area (TPSA) is 45.0 Å². The summed E-state index contributed by atoms with van der Waals surface area (Å²) in [5.41, 5.74) is -0.0400. The highest BCUT2D eigenvalue weighted by atomic mass is 16.5. The van der Waals surface area contributed by atoms with Crippen molar-refractivity contribution in [3.05, 3.63) is 0 Å². The molecule has 0 aliphatic heterocycles. The Morgan fingerprint density at radius 1 is 1.44 bits per heavy atom. The Morgan fingerprint density at radius 2 is 2.11 bits per heavy atom. The monoisotopic (exact) mass is 252 g/mol. The van der Waals surface area contributed by atoms with Crippen molar-refractivity contribution in [1.29, 1.82) is 5.26 Å². The molecule has 0 saturated heterocycles. The average Bonchev–Trinajstić information content (AvgIpc) is 2.59. The molecule has 1 fully saturated rings. The summed E-state index contributed by atoms with van der Waals surface area (Å²) in [5.74, 6) is 0. The molecule has 0 aromatic carbocycles. The Hall–Kier alpha value is -0.590. The zero-order valence-corrected chi connectivity index (χ0v) is 12.5. The van der Waals surface area contributed by atoms with Gasteiger partial charge in [-0.3, -0.25) is 5.32 Å². The summed E-state index contributed by atoms with van der Waals surface area (Å²) in [6.07, 6.45) is 4.05. The molecule has 1 saturated carbocycles. The molecule has 0 radical (unpaired) electrons. The van der Waals surface area contributed by atoms with E-state index < -0.39 is 0 Å². The van der Waals surface area contributed by atoms with Gasteiger partial charge in [0.25, 0.3) is 0 Å². The summed E-state index contributed by atoms with van der Waals surface area (Å²) >= 11 is 0. The van der Waals surface area contributed by atoms with Crippen LogP contribution in [0.3, 0.4) is 0 Å². The highest BCUT2D eigenvalue weighted by Crippen LogP contribution is 2.32. The minimum Gasteiger partial charge on any atom is -0.378 e. The second kappa shape index (κ2) is 6.04. The summed E-state index contributed by atoms with van der Waals surface area (Å²) in [7, 11) is 0. The van der Waals surface area contributed by atoms with Gasteiger partial charge in [-0.1, -0.05) is 20.8 Å². The van der Waals surface area contributed by atoms with E-state index in [4.69, 9.17) is 4.74 Å². The van der Waals surface area contributed by atoms with E-state index >= 15 is 0 Å². The van der Waals surface area contributed by atoms with E-state index in [9.17, 15) is 5.26 Å². The first-order chi connectivity index (χ1) is 8.26. The second-order valence-corrected chi connectivity index (χ2v) is 7.04. The van der Waals surface area contributed by atoms with Gasteiger partial charge in [0.2, 0.25) is 0 Å². The second-order valence-electron chi connectivity index (χ2n) is 7.04. The highest BCUT2D eigenvalue weighted by Gasteiger charge is 2.40. The van der Waals surface area contributed by atoms with Crippen LogP contribution in [0.15, 0.2) is 0 Å². The Labute approximate surface area is 112 Å². The van der Waals surface area contributed by atoms with Gasteiger partial charge in [0, 0.05) is 19.1 Å². The largest absolute Gasteiger partial charge is 0.378 e. The predicted octanol–water partition coefficient (Wildman–Crippen LogP) is 3.25. The number of hydrogen-bond acceptors (Lipinski definition) is 3. The molecule has 3 heteroatoms. The van der Waals surface area contributed by atoms with Gasteiger partial charge in [-0.25, -0.2) is 0 Å². The minimum atomic E-state index is -0.361. The fraction of sp³-hybridized carbons (Fsp3) is 0.933. The van der Waals surface area contributed by atoms with Gasteiger partial charge in [-0.15, -0.1) is 0 Å². The van der Waals surface area contributed by atoms with Crippen molar-refractivity contribution in [2.24, 2.45) is 5.41 Å². The lowest BCUT2D eigenvalue weighted by Gasteiger charge is -2.25. The smallest absolute Gasteiger partial charge is 0.109 e.